The van der Waals surface area contributed by atoms with Gasteiger partial charge in [-0.25, -0.2) is 16.8 Å². The van der Waals surface area contributed by atoms with Crippen molar-refractivity contribution < 1.29 is 16.8 Å². The number of rotatable bonds is 7. The van der Waals surface area contributed by atoms with Crippen molar-refractivity contribution in [2.75, 3.05) is 9.44 Å². The van der Waals surface area contributed by atoms with Gasteiger partial charge in [-0.2, -0.15) is 0 Å². The largest absolute Gasteiger partial charge is 0.280 e. The summed E-state index contributed by atoms with van der Waals surface area (Å²) in [5, 5.41) is 0. The third-order valence-electron chi connectivity index (χ3n) is 8.24. The highest BCUT2D eigenvalue weighted by atomic mass is 32.2. The van der Waals surface area contributed by atoms with Crippen LogP contribution in [0.1, 0.15) is 44.1 Å². The second kappa shape index (κ2) is 8.63. The molecule has 4 aliphatic rings. The summed E-state index contributed by atoms with van der Waals surface area (Å²) in [5.74, 6) is 2.48. The summed E-state index contributed by atoms with van der Waals surface area (Å²) < 4.78 is 56.6. The summed E-state index contributed by atoms with van der Waals surface area (Å²) in [7, 11) is -7.60. The van der Waals surface area contributed by atoms with Crippen LogP contribution in [0, 0.1) is 17.8 Å². The first-order valence-electron chi connectivity index (χ1n) is 12.5. The predicted molar refractivity (Wildman–Crippen MR) is 141 cm³/mol. The topological polar surface area (TPSA) is 92.3 Å². The summed E-state index contributed by atoms with van der Waals surface area (Å²) in [4.78, 5) is 0.335. The summed E-state index contributed by atoms with van der Waals surface area (Å²) in [5.41, 5.74) is 2.05. The van der Waals surface area contributed by atoms with E-state index in [2.05, 4.69) is 9.44 Å². The summed E-state index contributed by atoms with van der Waals surface area (Å²) in [6.45, 7) is 0. The molecule has 0 unspecified atom stereocenters. The van der Waals surface area contributed by atoms with E-state index in [-0.39, 0.29) is 26.6 Å². The fourth-order valence-electron chi connectivity index (χ4n) is 7.13. The van der Waals surface area contributed by atoms with Crippen molar-refractivity contribution in [2.45, 2.75) is 53.7 Å². The Labute approximate surface area is 213 Å². The molecule has 0 spiro atoms. The Morgan fingerprint density at radius 3 is 1.56 bits per heavy atom. The van der Waals surface area contributed by atoms with Crippen LogP contribution in [-0.2, 0) is 25.5 Å². The summed E-state index contributed by atoms with van der Waals surface area (Å²) in [6, 6.07) is 21.7. The third-order valence-corrected chi connectivity index (χ3v) is 11.0. The van der Waals surface area contributed by atoms with Crippen LogP contribution in [0.2, 0.25) is 0 Å². The minimum atomic E-state index is -3.83. The fourth-order valence-corrected chi connectivity index (χ4v) is 9.25. The molecule has 3 aromatic rings. The zero-order chi connectivity index (χ0) is 25.0. The van der Waals surface area contributed by atoms with E-state index in [0.29, 0.717) is 0 Å². The zero-order valence-corrected chi connectivity index (χ0v) is 21.6. The molecular formula is C28H30N2O4S2. The molecule has 7 rings (SSSR count). The van der Waals surface area contributed by atoms with E-state index in [4.69, 9.17) is 0 Å². The van der Waals surface area contributed by atoms with Gasteiger partial charge in [0.2, 0.25) is 0 Å². The second-order valence-electron chi connectivity index (χ2n) is 10.8. The van der Waals surface area contributed by atoms with Crippen molar-refractivity contribution in [2.24, 2.45) is 17.8 Å². The molecule has 188 valence electrons. The van der Waals surface area contributed by atoms with Gasteiger partial charge >= 0.3 is 0 Å². The number of hydrogen-bond donors (Lipinski definition) is 2. The lowest BCUT2D eigenvalue weighted by Crippen LogP contribution is -2.48. The first-order chi connectivity index (χ1) is 17.2. The lowest BCUT2D eigenvalue weighted by Gasteiger charge is -2.57. The minimum absolute atomic E-state index is 0.134. The van der Waals surface area contributed by atoms with Gasteiger partial charge in [0.15, 0.2) is 0 Å². The van der Waals surface area contributed by atoms with Crippen LogP contribution < -0.4 is 9.44 Å². The van der Waals surface area contributed by atoms with Crippen molar-refractivity contribution in [3.8, 4) is 0 Å². The maximum absolute atomic E-state index is 13.1. The van der Waals surface area contributed by atoms with Gasteiger partial charge in [-0.1, -0.05) is 36.4 Å². The minimum Gasteiger partial charge on any atom is -0.280 e. The van der Waals surface area contributed by atoms with E-state index >= 15 is 0 Å². The maximum Gasteiger partial charge on any atom is 0.261 e. The highest BCUT2D eigenvalue weighted by Crippen LogP contribution is 2.60. The van der Waals surface area contributed by atoms with Crippen LogP contribution in [0.15, 0.2) is 88.7 Å². The SMILES string of the molecule is O=S(=O)(Nc1cccc(NS(=O)(=O)c2ccc(C34CC5CC(CC(C5)C3)C4)cc2)c1)c1ccccc1. The molecule has 4 bridgehead atoms. The Balaban J connectivity index is 1.19. The van der Waals surface area contributed by atoms with Crippen molar-refractivity contribution in [1.82, 2.24) is 0 Å². The zero-order valence-electron chi connectivity index (χ0n) is 19.9. The van der Waals surface area contributed by atoms with E-state index in [1.165, 1.54) is 62.3 Å². The van der Waals surface area contributed by atoms with E-state index in [1.54, 1.807) is 48.5 Å². The van der Waals surface area contributed by atoms with Crippen LogP contribution in [0.3, 0.4) is 0 Å². The van der Waals surface area contributed by atoms with Crippen LogP contribution in [0.25, 0.3) is 0 Å². The highest BCUT2D eigenvalue weighted by molar-refractivity contribution is 7.93. The monoisotopic (exact) mass is 522 g/mol. The molecule has 36 heavy (non-hydrogen) atoms. The molecule has 3 aromatic carbocycles. The van der Waals surface area contributed by atoms with Gasteiger partial charge in [-0.15, -0.1) is 0 Å². The van der Waals surface area contributed by atoms with E-state index in [1.807, 2.05) is 12.1 Å². The lowest BCUT2D eigenvalue weighted by molar-refractivity contribution is -0.00521. The van der Waals surface area contributed by atoms with E-state index < -0.39 is 20.0 Å². The van der Waals surface area contributed by atoms with Crippen molar-refractivity contribution in [1.29, 1.82) is 0 Å². The molecule has 0 aromatic heterocycles. The van der Waals surface area contributed by atoms with E-state index in [9.17, 15) is 16.8 Å². The number of benzene rings is 3. The standard InChI is InChI=1S/C28H30N2O4S2/c31-35(32,26-7-2-1-3-8-26)29-24-5-4-6-25(16-24)30-36(33,34)27-11-9-23(10-12-27)28-17-20-13-21(18-28)15-22(14-20)19-28/h1-12,16,20-22,29-30H,13-15,17-19H2. The number of nitrogens with one attached hydrogen (secondary N) is 2. The van der Waals surface area contributed by atoms with Gasteiger partial charge in [-0.3, -0.25) is 9.44 Å². The maximum atomic E-state index is 13.1. The molecule has 6 nitrogen and oxygen atoms in total. The van der Waals surface area contributed by atoms with E-state index in [0.717, 1.165) is 17.8 Å². The molecule has 4 saturated carbocycles. The van der Waals surface area contributed by atoms with Gasteiger partial charge in [0, 0.05) is 0 Å². The van der Waals surface area contributed by atoms with Crippen LogP contribution in [-0.4, -0.2) is 16.8 Å². The van der Waals surface area contributed by atoms with Crippen molar-refractivity contribution in [3.05, 3.63) is 84.4 Å². The molecule has 0 amide bonds. The number of sulfonamides is 2. The Hall–Kier alpha value is -2.84. The second-order valence-corrected chi connectivity index (χ2v) is 14.2. The normalized spacial score (nSPS) is 27.1. The average Bonchev–Trinajstić information content (AvgIpc) is 2.84. The molecular weight excluding hydrogens is 492 g/mol. The first-order valence-corrected chi connectivity index (χ1v) is 15.5. The van der Waals surface area contributed by atoms with Gasteiger partial charge in [-0.05, 0) is 110 Å². The number of anilines is 2. The molecule has 0 radical (unpaired) electrons. The highest BCUT2D eigenvalue weighted by Gasteiger charge is 2.51. The molecule has 0 atom stereocenters. The van der Waals surface area contributed by atoms with Gasteiger partial charge in [0.25, 0.3) is 20.0 Å². The molecule has 0 aliphatic heterocycles. The Morgan fingerprint density at radius 1 is 0.583 bits per heavy atom. The first kappa shape index (κ1) is 23.6. The molecule has 4 fully saturated rings. The Kier molecular flexibility index (Phi) is 5.64. The molecule has 0 heterocycles. The van der Waals surface area contributed by atoms with Gasteiger partial charge in [0.1, 0.15) is 0 Å². The quantitative estimate of drug-likeness (QED) is 0.413. The fraction of sp³-hybridized carbons (Fsp3) is 0.357. The third kappa shape index (κ3) is 4.41. The summed E-state index contributed by atoms with van der Waals surface area (Å²) >= 11 is 0. The van der Waals surface area contributed by atoms with Gasteiger partial charge in [0.05, 0.1) is 21.2 Å². The van der Waals surface area contributed by atoms with Crippen LogP contribution in [0.5, 0.6) is 0 Å². The predicted octanol–water partition coefficient (Wildman–Crippen LogP) is 5.76. The molecule has 4 aliphatic carbocycles. The van der Waals surface area contributed by atoms with Crippen molar-refractivity contribution in [3.63, 3.8) is 0 Å². The van der Waals surface area contributed by atoms with Gasteiger partial charge < -0.3 is 0 Å². The van der Waals surface area contributed by atoms with Crippen molar-refractivity contribution >= 4 is 31.4 Å². The molecule has 2 N–H and O–H groups in total. The smallest absolute Gasteiger partial charge is 0.261 e. The average molecular weight is 523 g/mol. The molecule has 0 saturated heterocycles. The van der Waals surface area contributed by atoms with Crippen LogP contribution >= 0.6 is 0 Å². The Morgan fingerprint density at radius 2 is 1.06 bits per heavy atom. The Bertz CT molecular complexity index is 1450. The molecule has 8 heteroatoms. The lowest BCUT2D eigenvalue weighted by atomic mass is 9.48. The summed E-state index contributed by atoms with van der Waals surface area (Å²) in [6.07, 6.45) is 7.81. The van der Waals surface area contributed by atoms with Crippen LogP contribution in [0.4, 0.5) is 11.4 Å². The number of hydrogen-bond acceptors (Lipinski definition) is 4.